The van der Waals surface area contributed by atoms with Gasteiger partial charge in [0.1, 0.15) is 5.82 Å². The molecule has 0 saturated heterocycles. The van der Waals surface area contributed by atoms with E-state index in [9.17, 15) is 0 Å². The van der Waals surface area contributed by atoms with Crippen molar-refractivity contribution >= 4 is 52.3 Å². The summed E-state index contributed by atoms with van der Waals surface area (Å²) in [5.74, 6) is 1.90. The number of fused-ring (bicyclic) bond motifs is 1. The van der Waals surface area contributed by atoms with Crippen molar-refractivity contribution in [2.45, 2.75) is 40.2 Å². The molecule has 0 aliphatic carbocycles. The van der Waals surface area contributed by atoms with E-state index in [2.05, 4.69) is 69.1 Å². The van der Waals surface area contributed by atoms with E-state index >= 15 is 0 Å². The molecule has 8 heteroatoms. The molecule has 152 valence electrons. The van der Waals surface area contributed by atoms with Crippen molar-refractivity contribution in [1.82, 2.24) is 25.2 Å². The molecule has 2 aromatic heterocycles. The number of aliphatic imine (C=N–C) groups is 1. The summed E-state index contributed by atoms with van der Waals surface area (Å²) in [6.45, 7) is 8.88. The summed E-state index contributed by atoms with van der Waals surface area (Å²) in [7, 11) is 1.81. The van der Waals surface area contributed by atoms with Gasteiger partial charge in [-0.05, 0) is 39.3 Å². The molecule has 2 N–H and O–H groups in total. The third kappa shape index (κ3) is 5.66. The minimum absolute atomic E-state index is 0. The van der Waals surface area contributed by atoms with Gasteiger partial charge in [-0.2, -0.15) is 0 Å². The molecule has 3 rings (SSSR count). The van der Waals surface area contributed by atoms with Crippen molar-refractivity contribution in [2.75, 3.05) is 20.1 Å². The smallest absolute Gasteiger partial charge is 0.190 e. The lowest BCUT2D eigenvalue weighted by molar-refractivity contribution is 0.624. The highest BCUT2D eigenvalue weighted by Crippen LogP contribution is 2.16. The molecule has 3 aromatic rings. The third-order valence-corrected chi connectivity index (χ3v) is 5.76. The van der Waals surface area contributed by atoms with Crippen LogP contribution in [-0.4, -0.2) is 40.6 Å². The van der Waals surface area contributed by atoms with Gasteiger partial charge in [0.05, 0.1) is 21.7 Å². The number of thiazole rings is 1. The summed E-state index contributed by atoms with van der Waals surface area (Å²) in [6.07, 6.45) is 1.92. The summed E-state index contributed by atoms with van der Waals surface area (Å²) in [5.41, 5.74) is 3.40. The number of aryl methyl sites for hydroxylation is 4. The van der Waals surface area contributed by atoms with Gasteiger partial charge in [0, 0.05) is 38.0 Å². The van der Waals surface area contributed by atoms with Crippen LogP contribution in [0.1, 0.15) is 27.8 Å². The summed E-state index contributed by atoms with van der Waals surface area (Å²) in [4.78, 5) is 14.8. The minimum Gasteiger partial charge on any atom is -0.356 e. The highest BCUT2D eigenvalue weighted by atomic mass is 127. The maximum atomic E-state index is 4.62. The predicted octanol–water partition coefficient (Wildman–Crippen LogP) is 3.83. The molecule has 0 saturated carbocycles. The number of aromatic nitrogens is 3. The van der Waals surface area contributed by atoms with Crippen LogP contribution in [0.3, 0.4) is 0 Å². The average Bonchev–Trinajstić information content (AvgIpc) is 3.15. The summed E-state index contributed by atoms with van der Waals surface area (Å²) in [5, 5.41) is 7.93. The maximum Gasteiger partial charge on any atom is 0.190 e. The molecule has 0 fully saturated rings. The van der Waals surface area contributed by atoms with Crippen molar-refractivity contribution in [2.24, 2.45) is 4.99 Å². The Balaban J connectivity index is 0.00000280. The number of para-hydroxylation sites is 2. The molecule has 6 nitrogen and oxygen atoms in total. The molecule has 28 heavy (non-hydrogen) atoms. The van der Waals surface area contributed by atoms with E-state index in [-0.39, 0.29) is 24.0 Å². The largest absolute Gasteiger partial charge is 0.356 e. The van der Waals surface area contributed by atoms with E-state index in [1.54, 1.807) is 18.4 Å². The summed E-state index contributed by atoms with van der Waals surface area (Å²) >= 11 is 1.78. The van der Waals surface area contributed by atoms with Crippen LogP contribution in [0.25, 0.3) is 11.0 Å². The number of nitrogens with one attached hydrogen (secondary N) is 2. The van der Waals surface area contributed by atoms with Crippen molar-refractivity contribution in [3.05, 3.63) is 45.7 Å². The van der Waals surface area contributed by atoms with Crippen molar-refractivity contribution in [1.29, 1.82) is 0 Å². The maximum absolute atomic E-state index is 4.62. The molecule has 0 atom stereocenters. The van der Waals surface area contributed by atoms with Crippen molar-refractivity contribution in [3.63, 3.8) is 0 Å². The van der Waals surface area contributed by atoms with Crippen LogP contribution in [0.5, 0.6) is 0 Å². The summed E-state index contributed by atoms with van der Waals surface area (Å²) in [6, 6.07) is 8.29. The standard InChI is InChI=1S/C20H28N6S.HI/c1-14-15(2)27-19(24-14)10-12-23-20(21-4)22-11-7-13-26-16(3)25-17-8-5-6-9-18(17)26;/h5-6,8-9H,7,10-13H2,1-4H3,(H2,21,22,23);1H. The monoisotopic (exact) mass is 512 g/mol. The zero-order valence-corrected chi connectivity index (χ0v) is 20.1. The molecular weight excluding hydrogens is 483 g/mol. The van der Waals surface area contributed by atoms with Crippen LogP contribution in [0.4, 0.5) is 0 Å². The number of guanidine groups is 1. The molecule has 0 unspecified atom stereocenters. The summed E-state index contributed by atoms with van der Waals surface area (Å²) < 4.78 is 2.28. The first kappa shape index (κ1) is 22.6. The van der Waals surface area contributed by atoms with Gasteiger partial charge in [-0.3, -0.25) is 4.99 Å². The van der Waals surface area contributed by atoms with Crippen molar-refractivity contribution in [3.8, 4) is 0 Å². The molecule has 1 aromatic carbocycles. The van der Waals surface area contributed by atoms with E-state index in [4.69, 9.17) is 0 Å². The highest BCUT2D eigenvalue weighted by Gasteiger charge is 2.07. The first-order chi connectivity index (χ1) is 13.1. The Hall–Kier alpha value is -1.68. The molecule has 0 aliphatic heterocycles. The van der Waals surface area contributed by atoms with Crippen LogP contribution < -0.4 is 10.6 Å². The second-order valence-corrected chi connectivity index (χ2v) is 7.87. The van der Waals surface area contributed by atoms with Gasteiger partial charge in [0.2, 0.25) is 0 Å². The van der Waals surface area contributed by atoms with Crippen LogP contribution in [-0.2, 0) is 13.0 Å². The normalized spacial score (nSPS) is 11.5. The highest BCUT2D eigenvalue weighted by molar-refractivity contribution is 14.0. The van der Waals surface area contributed by atoms with Gasteiger partial charge in [0.15, 0.2) is 5.96 Å². The fourth-order valence-corrected chi connectivity index (χ4v) is 4.01. The molecule has 0 spiro atoms. The second-order valence-electron chi connectivity index (χ2n) is 6.58. The van der Waals surface area contributed by atoms with E-state index in [1.807, 2.05) is 6.07 Å². The Kier molecular flexibility index (Phi) is 8.68. The Morgan fingerprint density at radius 1 is 1.11 bits per heavy atom. The van der Waals surface area contributed by atoms with Gasteiger partial charge in [-0.25, -0.2) is 9.97 Å². The van der Waals surface area contributed by atoms with Crippen LogP contribution in [0, 0.1) is 20.8 Å². The first-order valence-corrected chi connectivity index (χ1v) is 10.2. The molecular formula is C20H29IN6S. The molecule has 0 bridgehead atoms. The number of benzene rings is 1. The Labute approximate surface area is 187 Å². The number of halogens is 1. The Morgan fingerprint density at radius 2 is 1.86 bits per heavy atom. The van der Waals surface area contributed by atoms with E-state index in [0.717, 1.165) is 55.5 Å². The number of rotatable bonds is 7. The van der Waals surface area contributed by atoms with Crippen LogP contribution >= 0.6 is 35.3 Å². The lowest BCUT2D eigenvalue weighted by Gasteiger charge is -2.12. The predicted molar refractivity (Wildman–Crippen MR) is 129 cm³/mol. The quantitative estimate of drug-likeness (QED) is 0.219. The van der Waals surface area contributed by atoms with Gasteiger partial charge in [-0.1, -0.05) is 12.1 Å². The van der Waals surface area contributed by atoms with Gasteiger partial charge < -0.3 is 15.2 Å². The van der Waals surface area contributed by atoms with Crippen LogP contribution in [0.15, 0.2) is 29.3 Å². The Bertz CT molecular complexity index is 911. The lowest BCUT2D eigenvalue weighted by atomic mass is 10.3. The fourth-order valence-electron chi connectivity index (χ4n) is 3.08. The number of imidazole rings is 1. The minimum atomic E-state index is 0. The topological polar surface area (TPSA) is 67.1 Å². The Morgan fingerprint density at radius 3 is 2.57 bits per heavy atom. The first-order valence-electron chi connectivity index (χ1n) is 9.37. The lowest BCUT2D eigenvalue weighted by Crippen LogP contribution is -2.39. The molecule has 2 heterocycles. The van der Waals surface area contributed by atoms with Gasteiger partial charge in [0.25, 0.3) is 0 Å². The molecule has 0 radical (unpaired) electrons. The van der Waals surface area contributed by atoms with E-state index in [1.165, 1.54) is 15.4 Å². The molecule has 0 amide bonds. The third-order valence-electron chi connectivity index (χ3n) is 4.62. The van der Waals surface area contributed by atoms with Gasteiger partial charge in [-0.15, -0.1) is 35.3 Å². The molecule has 0 aliphatic rings. The fraction of sp³-hybridized carbons (Fsp3) is 0.450. The van der Waals surface area contributed by atoms with E-state index < -0.39 is 0 Å². The number of hydrogen-bond acceptors (Lipinski definition) is 4. The van der Waals surface area contributed by atoms with Gasteiger partial charge >= 0.3 is 0 Å². The zero-order chi connectivity index (χ0) is 19.2. The second kappa shape index (κ2) is 10.8. The average molecular weight is 512 g/mol. The van der Waals surface area contributed by atoms with Crippen molar-refractivity contribution < 1.29 is 0 Å². The number of hydrogen-bond donors (Lipinski definition) is 2. The number of nitrogens with zero attached hydrogens (tertiary/aromatic N) is 4. The SMILES string of the molecule is CN=C(NCCCn1c(C)nc2ccccc21)NCCc1nc(C)c(C)s1.I. The van der Waals surface area contributed by atoms with E-state index in [0.29, 0.717) is 0 Å². The zero-order valence-electron chi connectivity index (χ0n) is 17.0. The van der Waals surface area contributed by atoms with Crippen LogP contribution in [0.2, 0.25) is 0 Å².